The van der Waals surface area contributed by atoms with Crippen molar-refractivity contribution in [1.29, 1.82) is 0 Å². The number of rotatable bonds is 8. The van der Waals surface area contributed by atoms with Crippen molar-refractivity contribution in [1.82, 2.24) is 9.62 Å². The molecular formula is C9H21N3O2S2. The molecule has 0 aromatic heterocycles. The molecule has 0 aliphatic heterocycles. The topological polar surface area (TPSA) is 75.4 Å². The Morgan fingerprint density at radius 2 is 2.00 bits per heavy atom. The van der Waals surface area contributed by atoms with Gasteiger partial charge < -0.3 is 10.6 Å². The summed E-state index contributed by atoms with van der Waals surface area (Å²) in [4.78, 5) is 2.06. The molecule has 0 radical (unpaired) electrons. The molecule has 0 saturated heterocycles. The normalized spacial score (nSPS) is 14.0. The van der Waals surface area contributed by atoms with Gasteiger partial charge in [-0.3, -0.25) is 0 Å². The first-order valence-electron chi connectivity index (χ1n) is 5.20. The van der Waals surface area contributed by atoms with Gasteiger partial charge in [0.2, 0.25) is 10.0 Å². The van der Waals surface area contributed by atoms with Crippen LogP contribution in [0, 0.1) is 0 Å². The van der Waals surface area contributed by atoms with Crippen molar-refractivity contribution >= 4 is 27.2 Å². The summed E-state index contributed by atoms with van der Waals surface area (Å²) in [6, 6.07) is 0. The zero-order chi connectivity index (χ0) is 12.8. The highest BCUT2D eigenvalue weighted by Crippen LogP contribution is 1.99. The molecule has 7 heteroatoms. The van der Waals surface area contributed by atoms with Crippen molar-refractivity contribution in [2.24, 2.45) is 5.73 Å². The average molecular weight is 267 g/mol. The Balaban J connectivity index is 3.88. The van der Waals surface area contributed by atoms with Gasteiger partial charge in [-0.2, -0.15) is 0 Å². The fourth-order valence-electron chi connectivity index (χ4n) is 1.05. The molecular weight excluding hydrogens is 246 g/mol. The number of nitrogens with zero attached hydrogens (tertiary/aromatic N) is 1. The third kappa shape index (κ3) is 6.37. The number of sulfonamides is 1. The fraction of sp³-hybridized carbons (Fsp3) is 0.889. The SMILES string of the molecule is CC(C(N)=S)S(=O)(=O)NCCCCN(C)C. The molecule has 0 fully saturated rings. The third-order valence-electron chi connectivity index (χ3n) is 2.20. The Labute approximate surface area is 103 Å². The summed E-state index contributed by atoms with van der Waals surface area (Å²) in [5, 5.41) is -0.809. The standard InChI is InChI=1S/C9H21N3O2S2/c1-8(9(10)15)16(13,14)11-6-4-5-7-12(2)3/h8,11H,4-7H2,1-3H3,(H2,10,15). The Morgan fingerprint density at radius 3 is 2.44 bits per heavy atom. The van der Waals surface area contributed by atoms with E-state index in [0.717, 1.165) is 19.4 Å². The number of nitrogens with two attached hydrogens (primary N) is 1. The molecule has 0 amide bonds. The highest BCUT2D eigenvalue weighted by atomic mass is 32.2. The molecule has 0 bridgehead atoms. The number of nitrogens with one attached hydrogen (secondary N) is 1. The Bertz CT molecular complexity index is 315. The zero-order valence-corrected chi connectivity index (χ0v) is 11.7. The molecule has 0 rings (SSSR count). The van der Waals surface area contributed by atoms with Gasteiger partial charge in [-0.25, -0.2) is 13.1 Å². The smallest absolute Gasteiger partial charge is 0.220 e. The molecule has 0 aliphatic carbocycles. The first kappa shape index (κ1) is 15.8. The highest BCUT2D eigenvalue weighted by molar-refractivity contribution is 7.93. The van der Waals surface area contributed by atoms with Crippen molar-refractivity contribution < 1.29 is 8.42 Å². The first-order chi connectivity index (χ1) is 7.27. The molecule has 0 spiro atoms. The molecule has 0 aliphatic rings. The Morgan fingerprint density at radius 1 is 1.44 bits per heavy atom. The second-order valence-electron chi connectivity index (χ2n) is 3.99. The van der Waals surface area contributed by atoms with E-state index in [0.29, 0.717) is 6.54 Å². The molecule has 1 unspecified atom stereocenters. The van der Waals surface area contributed by atoms with Crippen LogP contribution in [-0.2, 0) is 10.0 Å². The second kappa shape index (κ2) is 7.16. The van der Waals surface area contributed by atoms with Crippen LogP contribution >= 0.6 is 12.2 Å². The summed E-state index contributed by atoms with van der Waals surface area (Å²) < 4.78 is 25.7. The van der Waals surface area contributed by atoms with Crippen molar-refractivity contribution in [3.8, 4) is 0 Å². The second-order valence-corrected chi connectivity index (χ2v) is 6.55. The van der Waals surface area contributed by atoms with Crippen LogP contribution in [0.5, 0.6) is 0 Å². The van der Waals surface area contributed by atoms with Crippen LogP contribution in [0.4, 0.5) is 0 Å². The largest absolute Gasteiger partial charge is 0.392 e. The summed E-state index contributed by atoms with van der Waals surface area (Å²) in [5.74, 6) is 0. The molecule has 3 N–H and O–H groups in total. The van der Waals surface area contributed by atoms with Crippen LogP contribution in [-0.4, -0.2) is 50.7 Å². The zero-order valence-electron chi connectivity index (χ0n) is 10.1. The Hall–Kier alpha value is -0.240. The van der Waals surface area contributed by atoms with E-state index >= 15 is 0 Å². The van der Waals surface area contributed by atoms with Gasteiger partial charge >= 0.3 is 0 Å². The van der Waals surface area contributed by atoms with Gasteiger partial charge in [-0.1, -0.05) is 12.2 Å². The van der Waals surface area contributed by atoms with Gasteiger partial charge in [0.25, 0.3) is 0 Å². The fourth-order valence-corrected chi connectivity index (χ4v) is 2.41. The number of unbranched alkanes of at least 4 members (excludes halogenated alkanes) is 1. The van der Waals surface area contributed by atoms with Crippen molar-refractivity contribution in [3.05, 3.63) is 0 Å². The monoisotopic (exact) mass is 267 g/mol. The van der Waals surface area contributed by atoms with Gasteiger partial charge in [-0.15, -0.1) is 0 Å². The number of thiocarbonyl (C=S) groups is 1. The quantitative estimate of drug-likeness (QED) is 0.475. The molecule has 0 heterocycles. The van der Waals surface area contributed by atoms with Crippen LogP contribution in [0.25, 0.3) is 0 Å². The molecule has 5 nitrogen and oxygen atoms in total. The maximum atomic E-state index is 11.6. The van der Waals surface area contributed by atoms with E-state index in [1.165, 1.54) is 6.92 Å². The summed E-state index contributed by atoms with van der Waals surface area (Å²) in [6.07, 6.45) is 1.76. The molecule has 0 aromatic carbocycles. The minimum atomic E-state index is -3.39. The molecule has 16 heavy (non-hydrogen) atoms. The molecule has 96 valence electrons. The van der Waals surface area contributed by atoms with Crippen LogP contribution in [0.15, 0.2) is 0 Å². The molecule has 0 saturated carbocycles. The maximum Gasteiger partial charge on any atom is 0.220 e. The maximum absolute atomic E-state index is 11.6. The van der Waals surface area contributed by atoms with E-state index < -0.39 is 15.3 Å². The van der Waals surface area contributed by atoms with E-state index in [2.05, 4.69) is 21.8 Å². The first-order valence-corrected chi connectivity index (χ1v) is 7.15. The van der Waals surface area contributed by atoms with Gasteiger partial charge in [0.1, 0.15) is 5.25 Å². The average Bonchev–Trinajstić information content (AvgIpc) is 2.15. The van der Waals surface area contributed by atoms with Crippen molar-refractivity contribution in [2.45, 2.75) is 25.0 Å². The van der Waals surface area contributed by atoms with Gasteiger partial charge in [-0.05, 0) is 40.4 Å². The van der Waals surface area contributed by atoms with E-state index in [-0.39, 0.29) is 4.99 Å². The number of hydrogen-bond acceptors (Lipinski definition) is 4. The predicted molar refractivity (Wildman–Crippen MR) is 71.0 cm³/mol. The van der Waals surface area contributed by atoms with E-state index in [9.17, 15) is 8.42 Å². The van der Waals surface area contributed by atoms with Gasteiger partial charge in [0.15, 0.2) is 0 Å². The van der Waals surface area contributed by atoms with Crippen molar-refractivity contribution in [3.63, 3.8) is 0 Å². The summed E-state index contributed by atoms with van der Waals surface area (Å²) >= 11 is 4.65. The van der Waals surface area contributed by atoms with Gasteiger partial charge in [0.05, 0.1) is 4.99 Å². The third-order valence-corrected chi connectivity index (χ3v) is 4.50. The van der Waals surface area contributed by atoms with E-state index in [1.54, 1.807) is 0 Å². The molecule has 1 atom stereocenters. The predicted octanol–water partition coefficient (Wildman–Crippen LogP) is -0.0778. The van der Waals surface area contributed by atoms with Crippen LogP contribution in [0.2, 0.25) is 0 Å². The number of hydrogen-bond donors (Lipinski definition) is 2. The van der Waals surface area contributed by atoms with Crippen molar-refractivity contribution in [2.75, 3.05) is 27.2 Å². The molecule has 0 aromatic rings. The minimum Gasteiger partial charge on any atom is -0.392 e. The van der Waals surface area contributed by atoms with Crippen LogP contribution in [0.1, 0.15) is 19.8 Å². The van der Waals surface area contributed by atoms with E-state index in [1.807, 2.05) is 14.1 Å². The lowest BCUT2D eigenvalue weighted by Gasteiger charge is -2.13. The summed E-state index contributed by atoms with van der Waals surface area (Å²) in [5.41, 5.74) is 5.30. The minimum absolute atomic E-state index is 0.000733. The summed E-state index contributed by atoms with van der Waals surface area (Å²) in [6.45, 7) is 2.88. The van der Waals surface area contributed by atoms with Crippen LogP contribution < -0.4 is 10.5 Å². The lowest BCUT2D eigenvalue weighted by atomic mass is 10.3. The van der Waals surface area contributed by atoms with Gasteiger partial charge in [0, 0.05) is 6.54 Å². The highest BCUT2D eigenvalue weighted by Gasteiger charge is 2.22. The van der Waals surface area contributed by atoms with E-state index in [4.69, 9.17) is 5.73 Å². The Kier molecular flexibility index (Phi) is 7.05. The van der Waals surface area contributed by atoms with Crippen LogP contribution in [0.3, 0.4) is 0 Å². The lowest BCUT2D eigenvalue weighted by Crippen LogP contribution is -2.40. The lowest BCUT2D eigenvalue weighted by molar-refractivity contribution is 0.394. The summed E-state index contributed by atoms with van der Waals surface area (Å²) in [7, 11) is 0.580.